The fraction of sp³-hybridized carbons (Fsp3) is 0.588. The molecule has 0 radical (unpaired) electrons. The van der Waals surface area contributed by atoms with E-state index in [1.165, 1.54) is 26.1 Å². The number of nitrogens with zero attached hydrogens (tertiary/aromatic N) is 2. The fourth-order valence-corrected chi connectivity index (χ4v) is 7.59. The first-order chi connectivity index (χ1) is 23.3. The molecular weight excluding hydrogens is 690 g/mol. The van der Waals surface area contributed by atoms with E-state index >= 15 is 0 Å². The summed E-state index contributed by atoms with van der Waals surface area (Å²) in [4.78, 5) is 55.2. The number of fused-ring (bicyclic) bond motifs is 5. The van der Waals surface area contributed by atoms with Crippen LogP contribution in [0.3, 0.4) is 0 Å². The average molecular weight is 736 g/mol. The van der Waals surface area contributed by atoms with E-state index in [2.05, 4.69) is 17.9 Å². The zero-order chi connectivity index (χ0) is 37.0. The Hall–Kier alpha value is -3.34. The Morgan fingerprint density at radius 2 is 2.00 bits per heavy atom. The molecule has 1 spiro atoms. The van der Waals surface area contributed by atoms with Crippen LogP contribution in [-0.2, 0) is 35.0 Å². The molecular formula is C34H46ClN5O9S. The number of aliphatic hydroxyl groups is 1. The number of carbonyl (C=O) groups is 4. The van der Waals surface area contributed by atoms with Crippen molar-refractivity contribution in [3.8, 4) is 5.75 Å². The molecule has 6 N–H and O–H groups in total. The minimum Gasteiger partial charge on any atom is -0.495 e. The van der Waals surface area contributed by atoms with Crippen LogP contribution < -0.4 is 26.4 Å². The van der Waals surface area contributed by atoms with Gasteiger partial charge in [0.25, 0.3) is 0 Å². The molecule has 3 heterocycles. The molecule has 3 amide bonds. The number of ether oxygens (including phenoxy) is 4. The molecule has 1 aromatic rings. The van der Waals surface area contributed by atoms with Crippen LogP contribution in [0.25, 0.3) is 0 Å². The number of epoxide rings is 1. The summed E-state index contributed by atoms with van der Waals surface area (Å²) < 4.78 is 23.3. The molecule has 1 aromatic carbocycles. The predicted octanol–water partition coefficient (Wildman–Crippen LogP) is 2.39. The molecule has 1 aliphatic carbocycles. The van der Waals surface area contributed by atoms with Gasteiger partial charge in [-0.05, 0) is 43.2 Å². The number of halogens is 1. The molecule has 4 aliphatic rings. The number of esters is 1. The minimum absolute atomic E-state index is 0.0194. The first-order valence-corrected chi connectivity index (χ1v) is 17.4. The number of carbonyl (C=O) groups excluding carboxylic acids is 4. The van der Waals surface area contributed by atoms with Gasteiger partial charge in [0.05, 0.1) is 19.2 Å². The molecule has 1 saturated carbocycles. The number of rotatable bonds is 6. The second-order valence-electron chi connectivity index (χ2n) is 14.1. The van der Waals surface area contributed by atoms with Crippen LogP contribution in [0.1, 0.15) is 52.0 Å². The lowest BCUT2D eigenvalue weighted by Crippen LogP contribution is -2.61. The number of benzene rings is 1. The third-order valence-corrected chi connectivity index (χ3v) is 11.1. The summed E-state index contributed by atoms with van der Waals surface area (Å²) in [7, 11) is 4.35. The van der Waals surface area contributed by atoms with Gasteiger partial charge in [-0.15, -0.1) is 0 Å². The SMILES string of the molecule is COc1cc2cc(c1Cl)N(C)C(=O)C[C@H](OC(=O)[C@H](N)N(C)C(=O)CCS)[C@]1(N)O[C@H]1[C@@]1(C)C[C@]13C[C@@](O)(NC(=O)O3)[C@H](C)/C=C/C=C(\C)C2. The molecule has 8 atom stereocenters. The van der Waals surface area contributed by atoms with E-state index < -0.39 is 77.1 Å². The van der Waals surface area contributed by atoms with Crippen molar-refractivity contribution >= 4 is 53.8 Å². The highest BCUT2D eigenvalue weighted by molar-refractivity contribution is 7.80. The molecule has 4 bridgehead atoms. The van der Waals surface area contributed by atoms with Gasteiger partial charge in [-0.1, -0.05) is 49.2 Å². The zero-order valence-electron chi connectivity index (χ0n) is 29.0. The molecule has 0 aromatic heterocycles. The summed E-state index contributed by atoms with van der Waals surface area (Å²) in [5, 5.41) is 14.5. The number of anilines is 1. The van der Waals surface area contributed by atoms with Gasteiger partial charge < -0.3 is 39.6 Å². The molecule has 16 heteroatoms. The smallest absolute Gasteiger partial charge is 0.409 e. The van der Waals surface area contributed by atoms with Crippen molar-refractivity contribution in [3.05, 3.63) is 46.5 Å². The molecule has 5 rings (SSSR count). The Bertz CT molecular complexity index is 1640. The van der Waals surface area contributed by atoms with E-state index in [0.717, 1.165) is 16.0 Å². The number of nitrogens with two attached hydrogens (primary N) is 2. The van der Waals surface area contributed by atoms with Gasteiger partial charge in [0.2, 0.25) is 11.8 Å². The van der Waals surface area contributed by atoms with Gasteiger partial charge in [0.1, 0.15) is 28.2 Å². The summed E-state index contributed by atoms with van der Waals surface area (Å²) in [6.07, 6.45) is 1.27. The lowest BCUT2D eigenvalue weighted by Gasteiger charge is -2.42. The monoisotopic (exact) mass is 735 g/mol. The summed E-state index contributed by atoms with van der Waals surface area (Å²) in [6, 6.07) is 3.54. The van der Waals surface area contributed by atoms with Crippen molar-refractivity contribution in [2.75, 3.05) is 31.9 Å². The summed E-state index contributed by atoms with van der Waals surface area (Å²) >= 11 is 10.8. The predicted molar refractivity (Wildman–Crippen MR) is 187 cm³/mol. The van der Waals surface area contributed by atoms with Crippen molar-refractivity contribution < 1.29 is 43.2 Å². The summed E-state index contributed by atoms with van der Waals surface area (Å²) in [5.74, 6) is -1.92. The standard InChI is InChI=1S/C34H46ClN5O9S/c1-18-8-7-9-19(2)33(45)17-32(49-30(44)38-33)16-31(32,3)29-34(37,48-29)23(47-28(43)27(36)40(5)24(41)10-11-50)15-25(42)39(4)21-13-20(12-18)14-22(46-6)26(21)35/h7-9,13-14,19,23,27,29,45,50H,10-12,15-17,36-37H2,1-6H3,(H,38,44)/b9-7+,18-8+/t19-,23+,27-,29+,31-,32+,33+,34+/m1/s1. The Labute approximate surface area is 301 Å². The molecule has 0 unspecified atom stereocenters. The van der Waals surface area contributed by atoms with Crippen LogP contribution in [-0.4, -0.2) is 96.3 Å². The molecule has 3 fully saturated rings. The Morgan fingerprint density at radius 3 is 2.66 bits per heavy atom. The van der Waals surface area contributed by atoms with Crippen molar-refractivity contribution in [1.29, 1.82) is 0 Å². The normalized spacial score (nSPS) is 35.9. The van der Waals surface area contributed by atoms with Gasteiger partial charge in [0, 0.05) is 38.3 Å². The van der Waals surface area contributed by atoms with Crippen LogP contribution >= 0.6 is 24.2 Å². The number of thiol groups is 1. The lowest BCUT2D eigenvalue weighted by atomic mass is 9.83. The average Bonchev–Trinajstić information content (AvgIpc) is 3.91. The first kappa shape index (κ1) is 37.9. The second-order valence-corrected chi connectivity index (χ2v) is 14.9. The van der Waals surface area contributed by atoms with Crippen molar-refractivity contribution in [2.24, 2.45) is 22.8 Å². The number of alkyl carbamates (subject to hydrolysis) is 1. The van der Waals surface area contributed by atoms with E-state index in [-0.39, 0.29) is 30.0 Å². The number of hydrogen-bond acceptors (Lipinski definition) is 12. The molecule has 3 aliphatic heterocycles. The van der Waals surface area contributed by atoms with E-state index in [1.54, 1.807) is 32.1 Å². The minimum atomic E-state index is -1.73. The molecule has 274 valence electrons. The van der Waals surface area contributed by atoms with Crippen LogP contribution in [0.15, 0.2) is 35.9 Å². The van der Waals surface area contributed by atoms with Crippen molar-refractivity contribution in [1.82, 2.24) is 10.2 Å². The molecule has 14 nitrogen and oxygen atoms in total. The number of hydrogen-bond donors (Lipinski definition) is 5. The second kappa shape index (κ2) is 13.7. The van der Waals surface area contributed by atoms with E-state index in [9.17, 15) is 24.3 Å². The highest BCUT2D eigenvalue weighted by Gasteiger charge is 2.83. The van der Waals surface area contributed by atoms with E-state index in [1.807, 2.05) is 19.1 Å². The topological polar surface area (TPSA) is 199 Å². The van der Waals surface area contributed by atoms with Gasteiger partial charge in [-0.25, -0.2) is 9.59 Å². The third-order valence-electron chi connectivity index (χ3n) is 10.5. The quantitative estimate of drug-likeness (QED) is 0.124. The Balaban J connectivity index is 1.56. The number of amides is 3. The number of likely N-dealkylation sites (N-methyl/N-ethyl adjacent to an activating group) is 1. The summed E-state index contributed by atoms with van der Waals surface area (Å²) in [6.45, 7) is 5.53. The van der Waals surface area contributed by atoms with Crippen LogP contribution in [0, 0.1) is 11.3 Å². The van der Waals surface area contributed by atoms with Gasteiger partial charge in [-0.3, -0.25) is 20.6 Å². The van der Waals surface area contributed by atoms with Gasteiger partial charge in [0.15, 0.2) is 18.0 Å². The Kier molecular flexibility index (Phi) is 10.4. The maximum Gasteiger partial charge on any atom is 0.409 e. The largest absolute Gasteiger partial charge is 0.495 e. The third kappa shape index (κ3) is 6.83. The van der Waals surface area contributed by atoms with E-state index in [0.29, 0.717) is 17.9 Å². The molecule has 50 heavy (non-hydrogen) atoms. The number of allylic oxidation sites excluding steroid dienone is 3. The zero-order valence-corrected chi connectivity index (χ0v) is 30.7. The summed E-state index contributed by atoms with van der Waals surface area (Å²) in [5.41, 5.74) is 9.57. The van der Waals surface area contributed by atoms with Crippen molar-refractivity contribution in [3.63, 3.8) is 0 Å². The fourth-order valence-electron chi connectivity index (χ4n) is 7.09. The number of nitrogens with one attached hydrogen (secondary N) is 1. The first-order valence-electron chi connectivity index (χ1n) is 16.3. The van der Waals surface area contributed by atoms with E-state index in [4.69, 9.17) is 42.0 Å². The van der Waals surface area contributed by atoms with Crippen LogP contribution in [0.2, 0.25) is 5.02 Å². The van der Waals surface area contributed by atoms with Crippen molar-refractivity contribution in [2.45, 2.75) is 88.3 Å². The van der Waals surface area contributed by atoms with Gasteiger partial charge >= 0.3 is 12.1 Å². The Morgan fingerprint density at radius 1 is 1.30 bits per heavy atom. The number of methoxy groups -OCH3 is 1. The highest BCUT2D eigenvalue weighted by Crippen LogP contribution is 2.71. The van der Waals surface area contributed by atoms with Crippen LogP contribution in [0.5, 0.6) is 5.75 Å². The maximum atomic E-state index is 14.0. The maximum absolute atomic E-state index is 14.0. The van der Waals surface area contributed by atoms with Gasteiger partial charge in [-0.2, -0.15) is 12.6 Å². The van der Waals surface area contributed by atoms with Crippen LogP contribution in [0.4, 0.5) is 10.5 Å². The lowest BCUT2D eigenvalue weighted by molar-refractivity contribution is -0.162. The molecule has 2 saturated heterocycles. The highest BCUT2D eigenvalue weighted by atomic mass is 35.5.